The largest absolute Gasteiger partial charge is 0.494 e. The molecule has 0 N–H and O–H groups in total. The van der Waals surface area contributed by atoms with Crippen LogP contribution in [0.1, 0.15) is 31.7 Å². The summed E-state index contributed by atoms with van der Waals surface area (Å²) in [4.78, 5) is 30.0. The van der Waals surface area contributed by atoms with Gasteiger partial charge < -0.3 is 9.64 Å². The van der Waals surface area contributed by atoms with Gasteiger partial charge in [-0.1, -0.05) is 36.7 Å². The molecule has 0 unspecified atom stereocenters. The second kappa shape index (κ2) is 8.29. The smallest absolute Gasteiger partial charge is 0.282 e. The summed E-state index contributed by atoms with van der Waals surface area (Å²) in [6.45, 7) is 4.24. The van der Waals surface area contributed by atoms with Crippen LogP contribution in [0.4, 0.5) is 5.69 Å². The van der Waals surface area contributed by atoms with E-state index in [1.807, 2.05) is 29.2 Å². The third kappa shape index (κ3) is 3.75. The first-order valence-corrected chi connectivity index (χ1v) is 10.3. The van der Waals surface area contributed by atoms with Crippen LogP contribution in [0.15, 0.2) is 54.2 Å². The predicted molar refractivity (Wildman–Crippen MR) is 114 cm³/mol. The van der Waals surface area contributed by atoms with Gasteiger partial charge in [0.05, 0.1) is 17.9 Å². The highest BCUT2D eigenvalue weighted by Crippen LogP contribution is 2.37. The zero-order valence-corrected chi connectivity index (χ0v) is 17.1. The summed E-state index contributed by atoms with van der Waals surface area (Å²) < 4.78 is 5.65. The van der Waals surface area contributed by atoms with Crippen molar-refractivity contribution in [2.24, 2.45) is 0 Å². The number of likely N-dealkylation sites (tertiary alicyclic amines) is 1. The highest BCUT2D eigenvalue weighted by molar-refractivity contribution is 6.45. The van der Waals surface area contributed by atoms with Crippen molar-refractivity contribution in [2.75, 3.05) is 24.6 Å². The molecule has 0 aromatic heterocycles. The van der Waals surface area contributed by atoms with Crippen LogP contribution in [0, 0.1) is 0 Å². The normalized spacial score (nSPS) is 16.9. The summed E-state index contributed by atoms with van der Waals surface area (Å²) in [5.41, 5.74) is 2.13. The lowest BCUT2D eigenvalue weighted by molar-refractivity contribution is -0.120. The molecule has 0 radical (unpaired) electrons. The monoisotopic (exact) mass is 410 g/mol. The van der Waals surface area contributed by atoms with Gasteiger partial charge in [0, 0.05) is 18.1 Å². The molecule has 2 aromatic carbocycles. The van der Waals surface area contributed by atoms with Crippen LogP contribution in [0.2, 0.25) is 5.02 Å². The van der Waals surface area contributed by atoms with E-state index in [4.69, 9.17) is 16.3 Å². The fourth-order valence-corrected chi connectivity index (χ4v) is 3.98. The number of carbonyl (C=O) groups is 2. The summed E-state index contributed by atoms with van der Waals surface area (Å²) in [5, 5.41) is 0.483. The minimum absolute atomic E-state index is 0.291. The van der Waals surface area contributed by atoms with Gasteiger partial charge in [0.25, 0.3) is 11.8 Å². The number of hydrogen-bond acceptors (Lipinski definition) is 4. The molecule has 2 aliphatic heterocycles. The lowest BCUT2D eigenvalue weighted by atomic mass is 10.0. The molecule has 150 valence electrons. The van der Waals surface area contributed by atoms with Crippen molar-refractivity contribution in [3.63, 3.8) is 0 Å². The Morgan fingerprint density at radius 3 is 2.38 bits per heavy atom. The van der Waals surface area contributed by atoms with Gasteiger partial charge in [-0.25, -0.2) is 4.90 Å². The molecule has 0 bridgehead atoms. The standard InChI is InChI=1S/C23H23ClN2O3/c1-2-14-29-19-10-8-16(9-11-19)20-21(25-12-3-4-13-25)23(28)26(22(20)27)18-7-5-6-17(24)15-18/h5-11,15H,2-4,12-14H2,1H3. The molecule has 4 rings (SSSR count). The average Bonchev–Trinajstić information content (AvgIpc) is 3.33. The number of rotatable bonds is 6. The molecule has 29 heavy (non-hydrogen) atoms. The fourth-order valence-electron chi connectivity index (χ4n) is 3.80. The predicted octanol–water partition coefficient (Wildman–Crippen LogP) is 4.51. The van der Waals surface area contributed by atoms with Crippen molar-refractivity contribution in [1.29, 1.82) is 0 Å². The van der Waals surface area contributed by atoms with Crippen molar-refractivity contribution >= 4 is 34.7 Å². The zero-order valence-electron chi connectivity index (χ0n) is 16.4. The van der Waals surface area contributed by atoms with Crippen LogP contribution in [0.3, 0.4) is 0 Å². The molecule has 5 nitrogen and oxygen atoms in total. The number of halogens is 1. The SMILES string of the molecule is CCCOc1ccc(C2=C(N3CCCC3)C(=O)N(c3cccc(Cl)c3)C2=O)cc1. The maximum Gasteiger partial charge on any atom is 0.282 e. The molecule has 0 atom stereocenters. The van der Waals surface area contributed by atoms with Crippen LogP contribution >= 0.6 is 11.6 Å². The Balaban J connectivity index is 1.75. The van der Waals surface area contributed by atoms with Crippen molar-refractivity contribution in [3.05, 3.63) is 64.8 Å². The van der Waals surface area contributed by atoms with E-state index in [0.717, 1.165) is 43.7 Å². The number of hydrogen-bond donors (Lipinski definition) is 0. The summed E-state index contributed by atoms with van der Waals surface area (Å²) >= 11 is 6.11. The van der Waals surface area contributed by atoms with Gasteiger partial charge in [0.1, 0.15) is 11.4 Å². The van der Waals surface area contributed by atoms with E-state index in [2.05, 4.69) is 6.92 Å². The quantitative estimate of drug-likeness (QED) is 0.657. The number of carbonyl (C=O) groups excluding carboxylic acids is 2. The van der Waals surface area contributed by atoms with Crippen LogP contribution in [0.5, 0.6) is 5.75 Å². The minimum Gasteiger partial charge on any atom is -0.494 e. The van der Waals surface area contributed by atoms with Gasteiger partial charge >= 0.3 is 0 Å². The Labute approximate surface area is 175 Å². The molecule has 0 aliphatic carbocycles. The number of anilines is 1. The van der Waals surface area contributed by atoms with Crippen molar-refractivity contribution in [3.8, 4) is 5.75 Å². The molecule has 0 spiro atoms. The molecule has 2 aromatic rings. The fraction of sp³-hybridized carbons (Fsp3) is 0.304. The third-order valence-corrected chi connectivity index (χ3v) is 5.40. The second-order valence-electron chi connectivity index (χ2n) is 7.22. The Morgan fingerprint density at radius 2 is 1.72 bits per heavy atom. The van der Waals surface area contributed by atoms with Crippen molar-refractivity contribution in [2.45, 2.75) is 26.2 Å². The van der Waals surface area contributed by atoms with E-state index in [1.165, 1.54) is 4.90 Å². The van der Waals surface area contributed by atoms with Gasteiger partial charge in [-0.05, 0) is 55.2 Å². The Kier molecular flexibility index (Phi) is 5.58. The number of nitrogens with zero attached hydrogens (tertiary/aromatic N) is 2. The summed E-state index contributed by atoms with van der Waals surface area (Å²) in [6.07, 6.45) is 2.95. The number of amides is 2. The van der Waals surface area contributed by atoms with Gasteiger partial charge in [-0.2, -0.15) is 0 Å². The van der Waals surface area contributed by atoms with E-state index < -0.39 is 0 Å². The Bertz CT molecular complexity index is 962. The summed E-state index contributed by atoms with van der Waals surface area (Å²) in [6, 6.07) is 14.2. The van der Waals surface area contributed by atoms with Gasteiger partial charge in [-0.3, -0.25) is 9.59 Å². The lowest BCUT2D eigenvalue weighted by Crippen LogP contribution is -2.34. The Morgan fingerprint density at radius 1 is 1.00 bits per heavy atom. The van der Waals surface area contributed by atoms with Crippen LogP contribution in [-0.4, -0.2) is 36.4 Å². The van der Waals surface area contributed by atoms with Gasteiger partial charge in [0.15, 0.2) is 0 Å². The van der Waals surface area contributed by atoms with E-state index in [-0.39, 0.29) is 11.8 Å². The Hall–Kier alpha value is -2.79. The molecule has 2 amide bonds. The molecular formula is C23H23ClN2O3. The number of ether oxygens (including phenoxy) is 1. The number of benzene rings is 2. The maximum absolute atomic E-state index is 13.4. The van der Waals surface area contributed by atoms with E-state index >= 15 is 0 Å². The van der Waals surface area contributed by atoms with Crippen molar-refractivity contribution in [1.82, 2.24) is 4.90 Å². The third-order valence-electron chi connectivity index (χ3n) is 5.16. The first-order chi connectivity index (χ1) is 14.1. The minimum atomic E-state index is -0.318. The molecule has 0 saturated carbocycles. The van der Waals surface area contributed by atoms with Gasteiger partial charge in [0.2, 0.25) is 0 Å². The van der Waals surface area contributed by atoms with Crippen molar-refractivity contribution < 1.29 is 14.3 Å². The molecule has 1 saturated heterocycles. The number of imide groups is 1. The topological polar surface area (TPSA) is 49.9 Å². The molecule has 2 heterocycles. The summed E-state index contributed by atoms with van der Waals surface area (Å²) in [5.74, 6) is 0.143. The highest BCUT2D eigenvalue weighted by Gasteiger charge is 2.43. The second-order valence-corrected chi connectivity index (χ2v) is 7.65. The lowest BCUT2D eigenvalue weighted by Gasteiger charge is -2.20. The highest BCUT2D eigenvalue weighted by atomic mass is 35.5. The average molecular weight is 411 g/mol. The molecule has 2 aliphatic rings. The van der Waals surface area contributed by atoms with Crippen LogP contribution in [-0.2, 0) is 9.59 Å². The van der Waals surface area contributed by atoms with E-state index in [1.54, 1.807) is 24.3 Å². The zero-order chi connectivity index (χ0) is 20.4. The van der Waals surface area contributed by atoms with E-state index in [9.17, 15) is 9.59 Å². The molecular weight excluding hydrogens is 388 g/mol. The van der Waals surface area contributed by atoms with Crippen LogP contribution in [0.25, 0.3) is 5.57 Å². The summed E-state index contributed by atoms with van der Waals surface area (Å²) in [7, 11) is 0. The van der Waals surface area contributed by atoms with Gasteiger partial charge in [-0.15, -0.1) is 0 Å². The maximum atomic E-state index is 13.4. The first-order valence-electron chi connectivity index (χ1n) is 9.97. The molecule has 1 fully saturated rings. The van der Waals surface area contributed by atoms with Crippen LogP contribution < -0.4 is 9.64 Å². The molecule has 6 heteroatoms. The first kappa shape index (κ1) is 19.5. The van der Waals surface area contributed by atoms with E-state index in [0.29, 0.717) is 28.6 Å².